The predicted octanol–water partition coefficient (Wildman–Crippen LogP) is 5.39. The molecule has 0 spiro atoms. The Kier molecular flexibility index (Phi) is 10.5. The van der Waals surface area contributed by atoms with Gasteiger partial charge >= 0.3 is 0 Å². The monoisotopic (exact) mass is 563 g/mol. The van der Waals surface area contributed by atoms with E-state index in [9.17, 15) is 18.0 Å². The van der Waals surface area contributed by atoms with Gasteiger partial charge in [0.15, 0.2) is 0 Å². The van der Waals surface area contributed by atoms with Crippen molar-refractivity contribution in [2.75, 3.05) is 17.4 Å². The summed E-state index contributed by atoms with van der Waals surface area (Å²) < 4.78 is 29.1. The Morgan fingerprint density at radius 2 is 1.55 bits per heavy atom. The lowest BCUT2D eigenvalue weighted by molar-refractivity contribution is -0.140. The molecule has 0 saturated heterocycles. The maximum atomic E-state index is 14.1. The van der Waals surface area contributed by atoms with Crippen LogP contribution in [-0.2, 0) is 26.2 Å². The summed E-state index contributed by atoms with van der Waals surface area (Å²) in [6.07, 6.45) is 0.385. The smallest absolute Gasteiger partial charge is 0.264 e. The first kappa shape index (κ1) is 30.9. The summed E-state index contributed by atoms with van der Waals surface area (Å²) in [5.74, 6) is -0.452. The van der Waals surface area contributed by atoms with E-state index >= 15 is 0 Å². The lowest BCUT2D eigenvalue weighted by Gasteiger charge is -2.33. The van der Waals surface area contributed by atoms with Gasteiger partial charge in [0.25, 0.3) is 10.0 Å². The topological polar surface area (TPSA) is 86.8 Å². The number of nitrogens with zero attached hydrogens (tertiary/aromatic N) is 2. The van der Waals surface area contributed by atoms with Crippen LogP contribution >= 0.6 is 0 Å². The van der Waals surface area contributed by atoms with Gasteiger partial charge in [0, 0.05) is 13.1 Å². The van der Waals surface area contributed by atoms with Gasteiger partial charge in [0.1, 0.15) is 12.6 Å². The average molecular weight is 564 g/mol. The number of sulfonamides is 1. The Hall–Kier alpha value is -3.65. The zero-order valence-corrected chi connectivity index (χ0v) is 25.2. The van der Waals surface area contributed by atoms with Gasteiger partial charge in [-0.15, -0.1) is 0 Å². The number of carbonyl (C=O) groups is 2. The largest absolute Gasteiger partial charge is 0.354 e. The average Bonchev–Trinajstić information content (AvgIpc) is 2.91. The molecule has 0 fully saturated rings. The molecule has 1 atom stereocenters. The predicted molar refractivity (Wildman–Crippen MR) is 161 cm³/mol. The summed E-state index contributed by atoms with van der Waals surface area (Å²) in [6, 6.07) is 20.7. The van der Waals surface area contributed by atoms with Gasteiger partial charge in [0.2, 0.25) is 11.8 Å². The zero-order valence-electron chi connectivity index (χ0n) is 24.3. The highest BCUT2D eigenvalue weighted by Crippen LogP contribution is 2.28. The fraction of sp³-hybridized carbons (Fsp3) is 0.375. The molecule has 0 aliphatic heterocycles. The van der Waals surface area contributed by atoms with Gasteiger partial charge in [-0.3, -0.25) is 13.9 Å². The number of rotatable bonds is 12. The van der Waals surface area contributed by atoms with Crippen molar-refractivity contribution in [1.29, 1.82) is 0 Å². The number of hydrogen-bond acceptors (Lipinski definition) is 4. The first-order valence-corrected chi connectivity index (χ1v) is 15.2. The van der Waals surface area contributed by atoms with E-state index in [1.54, 1.807) is 36.4 Å². The van der Waals surface area contributed by atoms with E-state index in [1.807, 2.05) is 77.9 Å². The minimum absolute atomic E-state index is 0.0982. The molecule has 3 aromatic carbocycles. The number of amides is 2. The molecule has 40 heavy (non-hydrogen) atoms. The van der Waals surface area contributed by atoms with E-state index in [2.05, 4.69) is 5.32 Å². The van der Waals surface area contributed by atoms with E-state index in [0.29, 0.717) is 18.7 Å². The second-order valence-electron chi connectivity index (χ2n) is 10.7. The number of nitrogens with one attached hydrogen (secondary N) is 1. The normalized spacial score (nSPS) is 12.2. The van der Waals surface area contributed by atoms with Crippen molar-refractivity contribution in [3.8, 4) is 0 Å². The lowest BCUT2D eigenvalue weighted by atomic mass is 10.1. The molecule has 2 amide bonds. The number of aryl methyl sites for hydroxylation is 3. The van der Waals surface area contributed by atoms with Crippen molar-refractivity contribution in [1.82, 2.24) is 10.2 Å². The van der Waals surface area contributed by atoms with Gasteiger partial charge in [-0.25, -0.2) is 8.42 Å². The van der Waals surface area contributed by atoms with Crippen LogP contribution in [0, 0.1) is 26.7 Å². The number of anilines is 1. The Bertz CT molecular complexity index is 1420. The van der Waals surface area contributed by atoms with Crippen molar-refractivity contribution in [3.63, 3.8) is 0 Å². The Morgan fingerprint density at radius 3 is 2.15 bits per heavy atom. The summed E-state index contributed by atoms with van der Waals surface area (Å²) in [5.41, 5.74) is 3.97. The standard InChI is InChI=1S/C32H41N3O4S/c1-7-29(32(37)33-20-23(2)3)34(21-27-13-10-11-25(5)19-27)31(36)22-35(30-14-9-8-12-26(30)6)40(38,39)28-17-15-24(4)16-18-28/h8-19,23,29H,7,20-22H2,1-6H3,(H,33,37). The molecule has 0 heterocycles. The minimum Gasteiger partial charge on any atom is -0.354 e. The summed E-state index contributed by atoms with van der Waals surface area (Å²) in [6.45, 7) is 11.8. The van der Waals surface area contributed by atoms with Gasteiger partial charge in [-0.1, -0.05) is 86.5 Å². The molecule has 1 unspecified atom stereocenters. The van der Waals surface area contributed by atoms with Gasteiger partial charge in [0.05, 0.1) is 10.6 Å². The van der Waals surface area contributed by atoms with Crippen molar-refractivity contribution in [2.24, 2.45) is 5.92 Å². The van der Waals surface area contributed by atoms with Crippen LogP contribution in [0.1, 0.15) is 49.4 Å². The molecular formula is C32H41N3O4S. The lowest BCUT2D eigenvalue weighted by Crippen LogP contribution is -2.52. The van der Waals surface area contributed by atoms with Crippen LogP contribution in [-0.4, -0.2) is 44.3 Å². The molecule has 0 aliphatic rings. The van der Waals surface area contributed by atoms with Gasteiger partial charge in [-0.05, 0) is 62.4 Å². The molecule has 0 radical (unpaired) electrons. The van der Waals surface area contributed by atoms with E-state index in [-0.39, 0.29) is 23.3 Å². The molecule has 0 aromatic heterocycles. The summed E-state index contributed by atoms with van der Waals surface area (Å²) in [5, 5.41) is 2.96. The van der Waals surface area contributed by atoms with Crippen LogP contribution in [0.2, 0.25) is 0 Å². The van der Waals surface area contributed by atoms with Crippen molar-refractivity contribution >= 4 is 27.5 Å². The van der Waals surface area contributed by atoms with Crippen molar-refractivity contribution in [3.05, 3.63) is 95.1 Å². The fourth-order valence-corrected chi connectivity index (χ4v) is 6.02. The third kappa shape index (κ3) is 7.72. The number of hydrogen-bond donors (Lipinski definition) is 1. The maximum Gasteiger partial charge on any atom is 0.264 e. The van der Waals surface area contributed by atoms with E-state index < -0.39 is 28.5 Å². The van der Waals surface area contributed by atoms with Crippen LogP contribution in [0.25, 0.3) is 0 Å². The van der Waals surface area contributed by atoms with Crippen LogP contribution in [0.4, 0.5) is 5.69 Å². The number of para-hydroxylation sites is 1. The second-order valence-corrected chi connectivity index (χ2v) is 12.5. The zero-order chi connectivity index (χ0) is 29.4. The highest BCUT2D eigenvalue weighted by molar-refractivity contribution is 7.92. The van der Waals surface area contributed by atoms with Crippen LogP contribution in [0.3, 0.4) is 0 Å². The quantitative estimate of drug-likeness (QED) is 0.320. The highest BCUT2D eigenvalue weighted by atomic mass is 32.2. The molecule has 0 aliphatic carbocycles. The summed E-state index contributed by atoms with van der Waals surface area (Å²) in [4.78, 5) is 29.1. The SMILES string of the molecule is CCC(C(=O)NCC(C)C)N(Cc1cccc(C)c1)C(=O)CN(c1ccccc1C)S(=O)(=O)c1ccc(C)cc1. The molecule has 3 rings (SSSR count). The first-order chi connectivity index (χ1) is 18.9. The minimum atomic E-state index is -4.09. The second kappa shape index (κ2) is 13.6. The number of carbonyl (C=O) groups excluding carboxylic acids is 2. The van der Waals surface area contributed by atoms with Gasteiger partial charge in [-0.2, -0.15) is 0 Å². The highest BCUT2D eigenvalue weighted by Gasteiger charge is 2.34. The molecule has 7 nitrogen and oxygen atoms in total. The molecule has 0 saturated carbocycles. The molecule has 1 N–H and O–H groups in total. The fourth-order valence-electron chi connectivity index (χ4n) is 4.54. The summed E-state index contributed by atoms with van der Waals surface area (Å²) in [7, 11) is -4.09. The third-order valence-corrected chi connectivity index (χ3v) is 8.55. The third-order valence-electron chi connectivity index (χ3n) is 6.78. The molecule has 3 aromatic rings. The Balaban J connectivity index is 2.06. The van der Waals surface area contributed by atoms with Crippen LogP contribution in [0.5, 0.6) is 0 Å². The van der Waals surface area contributed by atoms with Crippen molar-refractivity contribution < 1.29 is 18.0 Å². The molecular weight excluding hydrogens is 522 g/mol. The van der Waals surface area contributed by atoms with E-state index in [0.717, 1.165) is 26.6 Å². The van der Waals surface area contributed by atoms with Crippen molar-refractivity contribution in [2.45, 2.75) is 65.4 Å². The van der Waals surface area contributed by atoms with E-state index in [4.69, 9.17) is 0 Å². The first-order valence-electron chi connectivity index (χ1n) is 13.7. The molecule has 214 valence electrons. The van der Waals surface area contributed by atoms with Gasteiger partial charge < -0.3 is 10.2 Å². The molecule has 0 bridgehead atoms. The van der Waals surface area contributed by atoms with E-state index in [1.165, 1.54) is 4.90 Å². The summed E-state index contributed by atoms with van der Waals surface area (Å²) >= 11 is 0. The number of benzene rings is 3. The van der Waals surface area contributed by atoms with Crippen LogP contribution in [0.15, 0.2) is 77.7 Å². The van der Waals surface area contributed by atoms with Crippen LogP contribution < -0.4 is 9.62 Å². The molecule has 8 heteroatoms. The Labute approximate surface area is 239 Å². The maximum absolute atomic E-state index is 14.1. The Morgan fingerprint density at radius 1 is 0.875 bits per heavy atom.